The van der Waals surface area contributed by atoms with Gasteiger partial charge in [-0.1, -0.05) is 30.3 Å². The van der Waals surface area contributed by atoms with Crippen molar-refractivity contribution < 1.29 is 19.1 Å². The molecule has 1 fully saturated rings. The average molecular weight is 520 g/mol. The summed E-state index contributed by atoms with van der Waals surface area (Å²) in [5, 5.41) is 3.14. The Balaban J connectivity index is 1.55. The Morgan fingerprint density at radius 1 is 1.08 bits per heavy atom. The van der Waals surface area contributed by atoms with Gasteiger partial charge < -0.3 is 24.6 Å². The third-order valence-corrected chi connectivity index (χ3v) is 7.13. The van der Waals surface area contributed by atoms with E-state index in [1.54, 1.807) is 4.90 Å². The van der Waals surface area contributed by atoms with Crippen LogP contribution in [0.4, 0.5) is 4.79 Å². The molecule has 0 aromatic heterocycles. The number of ether oxygens (including phenoxy) is 2. The second-order valence-electron chi connectivity index (χ2n) is 11.1. The number of para-hydroxylation sites is 1. The van der Waals surface area contributed by atoms with E-state index in [1.807, 2.05) is 82.1 Å². The lowest BCUT2D eigenvalue weighted by atomic mass is 9.83. The zero-order chi connectivity index (χ0) is 27.3. The largest absolute Gasteiger partial charge is 0.482 e. The van der Waals surface area contributed by atoms with Crippen LogP contribution in [-0.2, 0) is 4.74 Å². The Hall–Kier alpha value is -3.32. The summed E-state index contributed by atoms with van der Waals surface area (Å²) in [5.41, 5.74) is 2.86. The van der Waals surface area contributed by atoms with Gasteiger partial charge in [0.05, 0.1) is 0 Å². The van der Waals surface area contributed by atoms with Crippen LogP contribution in [0.3, 0.4) is 0 Å². The van der Waals surface area contributed by atoms with Crippen molar-refractivity contribution in [2.24, 2.45) is 0 Å². The molecule has 204 valence electrons. The van der Waals surface area contributed by atoms with Gasteiger partial charge in [-0.05, 0) is 83.1 Å². The van der Waals surface area contributed by atoms with Gasteiger partial charge in [-0.3, -0.25) is 4.79 Å². The molecule has 4 rings (SSSR count). The Bertz CT molecular complexity index is 1160. The Morgan fingerprint density at radius 3 is 2.39 bits per heavy atom. The number of rotatable bonds is 7. The minimum Gasteiger partial charge on any atom is -0.482 e. The van der Waals surface area contributed by atoms with Crippen LogP contribution in [0.25, 0.3) is 5.57 Å². The smallest absolute Gasteiger partial charge is 0.410 e. The van der Waals surface area contributed by atoms with Gasteiger partial charge in [0.2, 0.25) is 0 Å². The third-order valence-electron chi connectivity index (χ3n) is 7.13. The fraction of sp³-hybridized carbons (Fsp3) is 0.484. The molecule has 2 amide bonds. The topological polar surface area (TPSA) is 71.1 Å². The molecule has 1 N–H and O–H groups in total. The molecule has 7 nitrogen and oxygen atoms in total. The van der Waals surface area contributed by atoms with Crippen molar-refractivity contribution in [1.82, 2.24) is 15.1 Å². The maximum Gasteiger partial charge on any atom is 0.410 e. The molecule has 0 unspecified atom stereocenters. The molecule has 0 bridgehead atoms. The van der Waals surface area contributed by atoms with E-state index in [0.717, 1.165) is 42.0 Å². The van der Waals surface area contributed by atoms with Gasteiger partial charge in [0, 0.05) is 50.1 Å². The number of carbonyl (C=O) groups excluding carboxylic acids is 2. The van der Waals surface area contributed by atoms with Crippen LogP contribution in [0, 0.1) is 0 Å². The Labute approximate surface area is 226 Å². The molecule has 2 aliphatic heterocycles. The maximum atomic E-state index is 13.1. The summed E-state index contributed by atoms with van der Waals surface area (Å²) in [6, 6.07) is 16.0. The van der Waals surface area contributed by atoms with E-state index in [1.165, 1.54) is 0 Å². The van der Waals surface area contributed by atoms with E-state index in [2.05, 4.69) is 17.5 Å². The van der Waals surface area contributed by atoms with E-state index >= 15 is 0 Å². The van der Waals surface area contributed by atoms with Gasteiger partial charge in [0.15, 0.2) is 0 Å². The third kappa shape index (κ3) is 6.38. The summed E-state index contributed by atoms with van der Waals surface area (Å²) >= 11 is 0. The number of hydrogen-bond acceptors (Lipinski definition) is 5. The highest BCUT2D eigenvalue weighted by Crippen LogP contribution is 2.43. The molecular formula is C31H41N3O4. The van der Waals surface area contributed by atoms with E-state index < -0.39 is 11.2 Å². The summed E-state index contributed by atoms with van der Waals surface area (Å²) in [6.45, 7) is 11.1. The second kappa shape index (κ2) is 11.6. The highest BCUT2D eigenvalue weighted by molar-refractivity contribution is 5.95. The fourth-order valence-corrected chi connectivity index (χ4v) is 5.07. The molecule has 0 aliphatic carbocycles. The highest BCUT2D eigenvalue weighted by Gasteiger charge is 2.40. The first-order valence-electron chi connectivity index (χ1n) is 13.7. The van der Waals surface area contributed by atoms with Crippen LogP contribution in [0.1, 0.15) is 68.4 Å². The van der Waals surface area contributed by atoms with E-state index in [4.69, 9.17) is 9.47 Å². The maximum absolute atomic E-state index is 13.1. The molecule has 2 aromatic rings. The number of nitrogens with one attached hydrogen (secondary N) is 1. The number of fused-ring (bicyclic) bond motifs is 1. The van der Waals surface area contributed by atoms with Crippen LogP contribution in [0.5, 0.6) is 5.75 Å². The molecule has 1 spiro atoms. The van der Waals surface area contributed by atoms with Crippen LogP contribution in [-0.4, -0.2) is 72.8 Å². The SMILES string of the molecule is CCN(CCCNC)C(=O)c1ccc(C2=CC3(CCN(C(=O)OC(C)(C)C)CC3)Oc3ccccc32)cc1. The lowest BCUT2D eigenvalue weighted by Crippen LogP contribution is -2.50. The molecule has 2 aliphatic rings. The lowest BCUT2D eigenvalue weighted by Gasteiger charge is -2.43. The molecule has 2 aromatic carbocycles. The number of amides is 2. The summed E-state index contributed by atoms with van der Waals surface area (Å²) in [5.74, 6) is 0.903. The predicted octanol–water partition coefficient (Wildman–Crippen LogP) is 5.35. The molecule has 7 heteroatoms. The minimum atomic E-state index is -0.520. The molecular weight excluding hydrogens is 478 g/mol. The molecule has 0 saturated carbocycles. The molecule has 2 heterocycles. The normalized spacial score (nSPS) is 16.3. The summed E-state index contributed by atoms with van der Waals surface area (Å²) in [6.07, 6.45) is 4.22. The quantitative estimate of drug-likeness (QED) is 0.499. The first kappa shape index (κ1) is 27.7. The van der Waals surface area contributed by atoms with Crippen molar-refractivity contribution in [3.63, 3.8) is 0 Å². The predicted molar refractivity (Wildman–Crippen MR) is 150 cm³/mol. The minimum absolute atomic E-state index is 0.0579. The van der Waals surface area contributed by atoms with Crippen molar-refractivity contribution in [3.05, 3.63) is 71.3 Å². The Morgan fingerprint density at radius 2 is 1.76 bits per heavy atom. The number of carbonyl (C=O) groups is 2. The lowest BCUT2D eigenvalue weighted by molar-refractivity contribution is -0.00117. The van der Waals surface area contributed by atoms with Crippen LogP contribution >= 0.6 is 0 Å². The van der Waals surface area contributed by atoms with Crippen LogP contribution in [0.2, 0.25) is 0 Å². The van der Waals surface area contributed by atoms with Gasteiger partial charge in [0.25, 0.3) is 5.91 Å². The van der Waals surface area contributed by atoms with Gasteiger partial charge in [-0.2, -0.15) is 0 Å². The van der Waals surface area contributed by atoms with Gasteiger partial charge in [-0.15, -0.1) is 0 Å². The summed E-state index contributed by atoms with van der Waals surface area (Å²) < 4.78 is 12.2. The molecule has 0 radical (unpaired) electrons. The first-order chi connectivity index (χ1) is 18.1. The van der Waals surface area contributed by atoms with E-state index in [9.17, 15) is 9.59 Å². The highest BCUT2D eigenvalue weighted by atomic mass is 16.6. The van der Waals surface area contributed by atoms with Gasteiger partial charge >= 0.3 is 6.09 Å². The number of benzene rings is 2. The summed E-state index contributed by atoms with van der Waals surface area (Å²) in [7, 11) is 1.93. The molecule has 38 heavy (non-hydrogen) atoms. The van der Waals surface area contributed by atoms with Crippen LogP contribution in [0.15, 0.2) is 54.6 Å². The van der Waals surface area contributed by atoms with Crippen molar-refractivity contribution in [2.45, 2.75) is 58.2 Å². The van der Waals surface area contributed by atoms with Crippen molar-refractivity contribution >= 4 is 17.6 Å². The standard InChI is InChI=1S/C31H41N3O4/c1-6-33(19-9-18-32-5)28(35)24-14-12-23(13-15-24)26-22-31(37-27-11-8-7-10-25(26)27)16-20-34(21-17-31)29(36)38-30(2,3)4/h7-8,10-15,22,32H,6,9,16-21H2,1-5H3. The van der Waals surface area contributed by atoms with Crippen molar-refractivity contribution in [1.29, 1.82) is 0 Å². The zero-order valence-corrected chi connectivity index (χ0v) is 23.4. The average Bonchev–Trinajstić information content (AvgIpc) is 2.90. The van der Waals surface area contributed by atoms with Gasteiger partial charge in [-0.25, -0.2) is 4.79 Å². The Kier molecular flexibility index (Phi) is 8.46. The number of piperidine rings is 1. The monoisotopic (exact) mass is 519 g/mol. The van der Waals surface area contributed by atoms with E-state index in [-0.39, 0.29) is 12.0 Å². The van der Waals surface area contributed by atoms with Crippen molar-refractivity contribution in [2.75, 3.05) is 39.8 Å². The molecule has 1 saturated heterocycles. The van der Waals surface area contributed by atoms with Crippen molar-refractivity contribution in [3.8, 4) is 5.75 Å². The number of nitrogens with zero attached hydrogens (tertiary/aromatic N) is 2. The van der Waals surface area contributed by atoms with Crippen LogP contribution < -0.4 is 10.1 Å². The van der Waals surface area contributed by atoms with Gasteiger partial charge in [0.1, 0.15) is 17.0 Å². The van der Waals surface area contributed by atoms with E-state index in [0.29, 0.717) is 38.0 Å². The number of hydrogen-bond donors (Lipinski definition) is 1. The summed E-state index contributed by atoms with van der Waals surface area (Å²) in [4.78, 5) is 29.4. The molecule has 0 atom stereocenters. The fourth-order valence-electron chi connectivity index (χ4n) is 5.07. The zero-order valence-electron chi connectivity index (χ0n) is 23.4. The first-order valence-corrected chi connectivity index (χ1v) is 13.7. The number of likely N-dealkylation sites (tertiary alicyclic amines) is 1. The second-order valence-corrected chi connectivity index (χ2v) is 11.1.